The first-order valence-corrected chi connectivity index (χ1v) is 10.4. The second-order valence-electron chi connectivity index (χ2n) is 6.36. The lowest BCUT2D eigenvalue weighted by Gasteiger charge is -2.18. The second-order valence-corrected chi connectivity index (χ2v) is 8.37. The first-order chi connectivity index (χ1) is 13.5. The van der Waals surface area contributed by atoms with Gasteiger partial charge < -0.3 is 10.1 Å². The summed E-state index contributed by atoms with van der Waals surface area (Å²) in [6, 6.07) is 11.9. The van der Waals surface area contributed by atoms with Gasteiger partial charge in [-0.05, 0) is 49.4 Å². The van der Waals surface area contributed by atoms with Crippen LogP contribution in [0, 0.1) is 12.7 Å². The summed E-state index contributed by atoms with van der Waals surface area (Å²) in [6.07, 6.45) is 0. The maximum atomic E-state index is 13.4. The number of anilines is 1. The number of aryl methyl sites for hydroxylation is 1. The number of thioether (sulfide) groups is 1. The minimum absolute atomic E-state index is 0.106. The number of methoxy groups -OCH3 is 1. The Labute approximate surface area is 174 Å². The van der Waals surface area contributed by atoms with E-state index in [0.717, 1.165) is 27.0 Å². The summed E-state index contributed by atoms with van der Waals surface area (Å²) >= 11 is 5.05. The van der Waals surface area contributed by atoms with Gasteiger partial charge in [-0.2, -0.15) is 5.10 Å². The van der Waals surface area contributed by atoms with Crippen molar-refractivity contribution in [1.29, 1.82) is 0 Å². The Morgan fingerprint density at radius 2 is 2.04 bits per heavy atom. The zero-order chi connectivity index (χ0) is 19.8. The van der Waals surface area contributed by atoms with E-state index < -0.39 is 0 Å². The maximum Gasteiger partial charge on any atom is 0.235 e. The standard InChI is InChI=1S/C20H17BrFN3O2S/c1-11-18-19(15-9-12(21)3-8-16(15)27-2)28-10-17(26)23-20(18)25(24-11)14-6-4-13(22)5-7-14/h3-9,19H,10H2,1-2H3,(H,23,26)/t19-/m0/s1. The summed E-state index contributed by atoms with van der Waals surface area (Å²) in [7, 11) is 1.63. The smallest absolute Gasteiger partial charge is 0.235 e. The Bertz CT molecular complexity index is 1050. The number of halogens is 2. The maximum absolute atomic E-state index is 13.4. The van der Waals surface area contributed by atoms with E-state index in [1.807, 2.05) is 25.1 Å². The minimum atomic E-state index is -0.324. The molecule has 0 saturated carbocycles. The fourth-order valence-electron chi connectivity index (χ4n) is 3.31. The van der Waals surface area contributed by atoms with Crippen molar-refractivity contribution in [2.75, 3.05) is 18.2 Å². The Kier molecular flexibility index (Phi) is 5.16. The lowest BCUT2D eigenvalue weighted by atomic mass is 10.0. The SMILES string of the molecule is COc1ccc(Br)cc1[C@@H]1SCC(=O)Nc2c1c(C)nn2-c1ccc(F)cc1. The number of benzene rings is 2. The molecule has 8 heteroatoms. The van der Waals surface area contributed by atoms with Crippen molar-refractivity contribution in [2.24, 2.45) is 0 Å². The molecular weight excluding hydrogens is 445 g/mol. The number of carbonyl (C=O) groups excluding carboxylic acids is 1. The number of ether oxygens (including phenoxy) is 1. The molecule has 1 aliphatic rings. The lowest BCUT2D eigenvalue weighted by molar-refractivity contribution is -0.113. The van der Waals surface area contributed by atoms with Crippen LogP contribution in [0.1, 0.15) is 22.1 Å². The number of amides is 1. The second kappa shape index (κ2) is 7.60. The van der Waals surface area contributed by atoms with Crippen LogP contribution in [0.3, 0.4) is 0 Å². The van der Waals surface area contributed by atoms with E-state index in [2.05, 4.69) is 26.3 Å². The zero-order valence-electron chi connectivity index (χ0n) is 15.2. The van der Waals surface area contributed by atoms with Crippen molar-refractivity contribution in [2.45, 2.75) is 12.2 Å². The summed E-state index contributed by atoms with van der Waals surface area (Å²) in [5, 5.41) is 7.46. The van der Waals surface area contributed by atoms with Crippen LogP contribution >= 0.6 is 27.7 Å². The van der Waals surface area contributed by atoms with E-state index in [1.54, 1.807) is 23.9 Å². The largest absolute Gasteiger partial charge is 0.496 e. The lowest BCUT2D eigenvalue weighted by Crippen LogP contribution is -2.15. The quantitative estimate of drug-likeness (QED) is 0.604. The Morgan fingerprint density at radius 1 is 1.29 bits per heavy atom. The molecule has 144 valence electrons. The van der Waals surface area contributed by atoms with E-state index in [-0.39, 0.29) is 17.0 Å². The molecule has 2 aromatic carbocycles. The third-order valence-corrected chi connectivity index (χ3v) is 6.30. The third-order valence-electron chi connectivity index (χ3n) is 4.55. The predicted octanol–water partition coefficient (Wildman–Crippen LogP) is 4.87. The predicted molar refractivity (Wildman–Crippen MR) is 112 cm³/mol. The molecule has 1 N–H and O–H groups in total. The van der Waals surface area contributed by atoms with Crippen molar-refractivity contribution in [3.63, 3.8) is 0 Å². The number of hydrogen-bond donors (Lipinski definition) is 1. The van der Waals surface area contributed by atoms with Crippen molar-refractivity contribution in [3.8, 4) is 11.4 Å². The van der Waals surface area contributed by atoms with Gasteiger partial charge in [0.25, 0.3) is 0 Å². The van der Waals surface area contributed by atoms with Gasteiger partial charge in [-0.25, -0.2) is 9.07 Å². The number of aromatic nitrogens is 2. The summed E-state index contributed by atoms with van der Waals surface area (Å²) in [5.74, 6) is 1.22. The molecule has 3 aromatic rings. The van der Waals surface area contributed by atoms with Gasteiger partial charge in [0, 0.05) is 15.6 Å². The number of hydrogen-bond acceptors (Lipinski definition) is 4. The third kappa shape index (κ3) is 3.42. The van der Waals surface area contributed by atoms with Gasteiger partial charge in [0.15, 0.2) is 0 Å². The van der Waals surface area contributed by atoms with Crippen LogP contribution in [-0.2, 0) is 4.79 Å². The topological polar surface area (TPSA) is 56.1 Å². The Morgan fingerprint density at radius 3 is 2.75 bits per heavy atom. The normalized spacial score (nSPS) is 16.3. The molecule has 0 radical (unpaired) electrons. The molecular formula is C20H17BrFN3O2S. The molecule has 5 nitrogen and oxygen atoms in total. The highest BCUT2D eigenvalue weighted by molar-refractivity contribution is 9.10. The fourth-order valence-corrected chi connectivity index (χ4v) is 4.89. The van der Waals surface area contributed by atoms with Crippen LogP contribution in [0.4, 0.5) is 10.2 Å². The molecule has 1 atom stereocenters. The van der Waals surface area contributed by atoms with E-state index in [0.29, 0.717) is 17.3 Å². The van der Waals surface area contributed by atoms with Crippen molar-refractivity contribution >= 4 is 39.4 Å². The molecule has 1 aliphatic heterocycles. The summed E-state index contributed by atoms with van der Waals surface area (Å²) in [4.78, 5) is 12.4. The molecule has 0 saturated heterocycles. The van der Waals surface area contributed by atoms with E-state index in [9.17, 15) is 9.18 Å². The highest BCUT2D eigenvalue weighted by Gasteiger charge is 2.32. The first kappa shape index (κ1) is 19.0. The van der Waals surface area contributed by atoms with E-state index in [4.69, 9.17) is 4.74 Å². The average Bonchev–Trinajstić information content (AvgIpc) is 2.88. The Hall–Kier alpha value is -2.32. The highest BCUT2D eigenvalue weighted by Crippen LogP contribution is 2.47. The van der Waals surface area contributed by atoms with Crippen molar-refractivity contribution in [1.82, 2.24) is 9.78 Å². The molecule has 0 fully saturated rings. The van der Waals surface area contributed by atoms with Gasteiger partial charge in [-0.1, -0.05) is 15.9 Å². The zero-order valence-corrected chi connectivity index (χ0v) is 17.6. The van der Waals surface area contributed by atoms with Crippen molar-refractivity contribution < 1.29 is 13.9 Å². The van der Waals surface area contributed by atoms with Crippen LogP contribution in [-0.4, -0.2) is 28.6 Å². The van der Waals surface area contributed by atoms with Crippen molar-refractivity contribution in [3.05, 3.63) is 69.6 Å². The Balaban J connectivity index is 1.91. The minimum Gasteiger partial charge on any atom is -0.496 e. The molecule has 4 rings (SSSR count). The summed E-state index contributed by atoms with van der Waals surface area (Å²) < 4.78 is 21.5. The molecule has 0 unspecified atom stereocenters. The molecule has 2 heterocycles. The summed E-state index contributed by atoms with van der Waals surface area (Å²) in [6.45, 7) is 1.91. The first-order valence-electron chi connectivity index (χ1n) is 8.58. The van der Waals surface area contributed by atoms with Gasteiger partial charge in [-0.3, -0.25) is 4.79 Å². The molecule has 0 spiro atoms. The summed E-state index contributed by atoms with van der Waals surface area (Å²) in [5.41, 5.74) is 3.34. The van der Waals surface area contributed by atoms with Crippen LogP contribution in [0.5, 0.6) is 5.75 Å². The van der Waals surface area contributed by atoms with Gasteiger partial charge in [0.05, 0.1) is 29.5 Å². The number of rotatable bonds is 3. The van der Waals surface area contributed by atoms with Gasteiger partial charge in [-0.15, -0.1) is 11.8 Å². The monoisotopic (exact) mass is 461 g/mol. The molecule has 1 aromatic heterocycles. The van der Waals surface area contributed by atoms with Crippen LogP contribution in [0.25, 0.3) is 5.69 Å². The van der Waals surface area contributed by atoms with Crippen LogP contribution < -0.4 is 10.1 Å². The number of carbonyl (C=O) groups is 1. The van der Waals surface area contributed by atoms with E-state index in [1.165, 1.54) is 23.9 Å². The average molecular weight is 462 g/mol. The number of fused-ring (bicyclic) bond motifs is 1. The van der Waals surface area contributed by atoms with Gasteiger partial charge in [0.2, 0.25) is 5.91 Å². The molecule has 1 amide bonds. The van der Waals surface area contributed by atoms with Gasteiger partial charge in [0.1, 0.15) is 17.4 Å². The number of nitrogens with zero attached hydrogens (tertiary/aromatic N) is 2. The fraction of sp³-hybridized carbons (Fsp3) is 0.200. The molecule has 0 bridgehead atoms. The molecule has 0 aliphatic carbocycles. The highest BCUT2D eigenvalue weighted by atomic mass is 79.9. The van der Waals surface area contributed by atoms with Crippen LogP contribution in [0.2, 0.25) is 0 Å². The molecule has 28 heavy (non-hydrogen) atoms. The van der Waals surface area contributed by atoms with Gasteiger partial charge >= 0.3 is 0 Å². The number of nitrogens with one attached hydrogen (secondary N) is 1. The van der Waals surface area contributed by atoms with Crippen LogP contribution in [0.15, 0.2) is 46.9 Å². The van der Waals surface area contributed by atoms with E-state index >= 15 is 0 Å².